The van der Waals surface area contributed by atoms with Gasteiger partial charge in [0.05, 0.1) is 0 Å². The van der Waals surface area contributed by atoms with Crippen LogP contribution in [-0.2, 0) is 55.4 Å². The number of rotatable bonds is 0. The van der Waals surface area contributed by atoms with Gasteiger partial charge in [0.15, 0.2) is 0 Å². The fraction of sp³-hybridized carbons (Fsp3) is 0. The summed E-state index contributed by atoms with van der Waals surface area (Å²) in [6.07, 6.45) is 0. The molecule has 0 aliphatic rings. The van der Waals surface area contributed by atoms with Gasteiger partial charge in [-0.25, -0.2) is 0 Å². The first kappa shape index (κ1) is 30.3. The fourth-order valence-electron chi connectivity index (χ4n) is 0. The van der Waals surface area contributed by atoms with Crippen molar-refractivity contribution < 1.29 is 41.9 Å². The van der Waals surface area contributed by atoms with Gasteiger partial charge in [0.2, 0.25) is 0 Å². The summed E-state index contributed by atoms with van der Waals surface area (Å²) >= 11 is 0. The Balaban J connectivity index is 0. The number of hydrogen-bond acceptors (Lipinski definition) is 0. The molecule has 0 spiro atoms. The molecule has 0 atom stereocenters. The first-order valence-electron chi connectivity index (χ1n) is 0. The Morgan fingerprint density at radius 1 is 1.00 bits per heavy atom. The van der Waals surface area contributed by atoms with Crippen molar-refractivity contribution in [2.24, 2.45) is 0 Å². The average Bonchev–Trinajstić information content (AvgIpc) is 0. The van der Waals surface area contributed by atoms with Gasteiger partial charge in [-0.15, -0.1) is 0 Å². The second-order valence-corrected chi connectivity index (χ2v) is 0. The van der Waals surface area contributed by atoms with E-state index in [0.29, 0.717) is 0 Å². The van der Waals surface area contributed by atoms with Gasteiger partial charge in [-0.05, 0) is 0 Å². The summed E-state index contributed by atoms with van der Waals surface area (Å²) < 4.78 is 0. The van der Waals surface area contributed by atoms with E-state index >= 15 is 0 Å². The van der Waals surface area contributed by atoms with E-state index in [2.05, 4.69) is 0 Å². The minimum absolute atomic E-state index is 0. The summed E-state index contributed by atoms with van der Waals surface area (Å²) in [5.41, 5.74) is 0. The van der Waals surface area contributed by atoms with Crippen LogP contribution in [0.1, 0.15) is 0 Å². The molecule has 0 saturated carbocycles. The molecule has 0 heterocycles. The van der Waals surface area contributed by atoms with Crippen molar-refractivity contribution in [2.75, 3.05) is 0 Å². The van der Waals surface area contributed by atoms with Crippen molar-refractivity contribution in [2.45, 2.75) is 0 Å². The fourth-order valence-corrected chi connectivity index (χ4v) is 0. The van der Waals surface area contributed by atoms with Gasteiger partial charge in [-0.2, -0.15) is 0 Å². The Labute approximate surface area is 81.4 Å². The van der Waals surface area contributed by atoms with Crippen LogP contribution in [0.3, 0.4) is 0 Å². The summed E-state index contributed by atoms with van der Waals surface area (Å²) in [7, 11) is 0. The van der Waals surface area contributed by atoms with Gasteiger partial charge in [0.1, 0.15) is 0 Å². The molecule has 0 N–H and O–H groups in total. The van der Waals surface area contributed by atoms with Crippen LogP contribution < -0.4 is 0 Å². The third-order valence-electron chi connectivity index (χ3n) is 0. The van der Waals surface area contributed by atoms with E-state index in [0.717, 1.165) is 0 Å². The molecule has 0 aromatic carbocycles. The van der Waals surface area contributed by atoms with E-state index < -0.39 is 0 Å². The molecule has 0 rings (SSSR count). The summed E-state index contributed by atoms with van der Waals surface area (Å²) in [5.74, 6) is 0. The summed E-state index contributed by atoms with van der Waals surface area (Å²) in [6, 6.07) is 0. The zero-order chi connectivity index (χ0) is 0. The maximum atomic E-state index is 0. The van der Waals surface area contributed by atoms with Crippen LogP contribution in [0.15, 0.2) is 0 Å². The largest absolute Gasteiger partial charge is 2.00 e. The zero-order valence-corrected chi connectivity index (χ0v) is 11.1. The molecule has 0 fully saturated rings. The van der Waals surface area contributed by atoms with E-state index in [1.807, 2.05) is 0 Å². The second kappa shape index (κ2) is 17.4. The third kappa shape index (κ3) is 8.82. The zero-order valence-electron chi connectivity index (χ0n) is 1.92. The van der Waals surface area contributed by atoms with E-state index in [1.54, 1.807) is 0 Å². The SMILES string of the molecule is [Ag+].[Pb+2].[S-2].[Zn+2]. The molecule has 0 aromatic rings. The van der Waals surface area contributed by atoms with E-state index in [4.69, 9.17) is 0 Å². The van der Waals surface area contributed by atoms with Crippen LogP contribution in [0.5, 0.6) is 0 Å². The Hall–Kier alpha value is 2.64. The maximum absolute atomic E-state index is 0. The monoisotopic (exact) mass is 411 g/mol. The molecule has 0 unspecified atom stereocenters. The smallest absolute Gasteiger partial charge is 2.00 e. The molecule has 2 radical (unpaired) electrons. The van der Waals surface area contributed by atoms with Gasteiger partial charge in [-0.3, -0.25) is 0 Å². The molecule has 0 amide bonds. The Morgan fingerprint density at radius 3 is 1.00 bits per heavy atom. The second-order valence-electron chi connectivity index (χ2n) is 0. The van der Waals surface area contributed by atoms with Crippen LogP contribution in [0.2, 0.25) is 0 Å². The van der Waals surface area contributed by atoms with Crippen LogP contribution in [-0.4, -0.2) is 27.3 Å². The molecule has 0 aliphatic carbocycles. The molecule has 0 aliphatic heterocycles. The van der Waals surface area contributed by atoms with E-state index in [1.165, 1.54) is 0 Å². The average molecular weight is 413 g/mol. The van der Waals surface area contributed by atoms with Crippen molar-refractivity contribution in [3.05, 3.63) is 0 Å². The van der Waals surface area contributed by atoms with E-state index in [-0.39, 0.29) is 82.7 Å². The van der Waals surface area contributed by atoms with Gasteiger partial charge < -0.3 is 13.5 Å². The van der Waals surface area contributed by atoms with Gasteiger partial charge in [-0.1, -0.05) is 0 Å². The molecule has 20 valence electrons. The first-order chi connectivity index (χ1) is 0. The predicted molar refractivity (Wildman–Crippen MR) is 13.1 cm³/mol. The predicted octanol–water partition coefficient (Wildman–Crippen LogP) is -0.388. The maximum Gasteiger partial charge on any atom is 2.00 e. The molecule has 0 bridgehead atoms. The minimum Gasteiger partial charge on any atom is -2.00 e. The molecule has 4 heteroatoms. The number of hydrogen-bond donors (Lipinski definition) is 0. The Kier molecular flexibility index (Phi) is 132. The third-order valence-corrected chi connectivity index (χ3v) is 0. The molecular formula is AgPbSZn+3. The van der Waals surface area contributed by atoms with Crippen molar-refractivity contribution in [3.8, 4) is 0 Å². The van der Waals surface area contributed by atoms with Crippen molar-refractivity contribution in [3.63, 3.8) is 0 Å². The Morgan fingerprint density at radius 2 is 1.00 bits per heavy atom. The van der Waals surface area contributed by atoms with E-state index in [9.17, 15) is 0 Å². The van der Waals surface area contributed by atoms with Crippen LogP contribution >= 0.6 is 0 Å². The standard InChI is InChI=1S/Ag.Pb.S.Zn/q+1;+2;-2;+2. The molecule has 0 nitrogen and oxygen atoms in total. The summed E-state index contributed by atoms with van der Waals surface area (Å²) in [5, 5.41) is 0. The minimum atomic E-state index is 0. The van der Waals surface area contributed by atoms with Crippen molar-refractivity contribution in [1.82, 2.24) is 0 Å². The summed E-state index contributed by atoms with van der Waals surface area (Å²) in [4.78, 5) is 0. The molecule has 0 saturated heterocycles. The summed E-state index contributed by atoms with van der Waals surface area (Å²) in [6.45, 7) is 0. The Bertz CT molecular complexity index is 8.00. The van der Waals surface area contributed by atoms with Gasteiger partial charge >= 0.3 is 69.2 Å². The van der Waals surface area contributed by atoms with Gasteiger partial charge in [0.25, 0.3) is 0 Å². The van der Waals surface area contributed by atoms with Crippen molar-refractivity contribution >= 4 is 40.8 Å². The molecule has 0 aromatic heterocycles. The van der Waals surface area contributed by atoms with Gasteiger partial charge in [0, 0.05) is 0 Å². The van der Waals surface area contributed by atoms with Crippen LogP contribution in [0.25, 0.3) is 0 Å². The van der Waals surface area contributed by atoms with Crippen LogP contribution in [0, 0.1) is 0 Å². The topological polar surface area (TPSA) is 0 Å². The van der Waals surface area contributed by atoms with Crippen molar-refractivity contribution in [1.29, 1.82) is 0 Å². The first-order valence-corrected chi connectivity index (χ1v) is 0. The van der Waals surface area contributed by atoms with Crippen LogP contribution in [0.4, 0.5) is 0 Å². The quantitative estimate of drug-likeness (QED) is 0.476. The normalized spacial score (nSPS) is 0. The molecular weight excluding hydrogens is 413 g/mol. The molecule has 4 heavy (non-hydrogen) atoms.